The Morgan fingerprint density at radius 2 is 2.00 bits per heavy atom. The molecule has 0 amide bonds. The molecule has 2 bridgehead atoms. The molecule has 1 aromatic rings. The third-order valence-corrected chi connectivity index (χ3v) is 3.34. The van der Waals surface area contributed by atoms with Crippen molar-refractivity contribution >= 4 is 0 Å². The molecule has 1 aromatic heterocycles. The van der Waals surface area contributed by atoms with Crippen LogP contribution in [0.1, 0.15) is 42.4 Å². The summed E-state index contributed by atoms with van der Waals surface area (Å²) >= 11 is 0. The van der Waals surface area contributed by atoms with Gasteiger partial charge in [-0.2, -0.15) is 9.78 Å². The summed E-state index contributed by atoms with van der Waals surface area (Å²) in [5, 5.41) is 3.44. The second kappa shape index (κ2) is 2.32. The largest absolute Gasteiger partial charge is 0.504 e. The molecule has 0 saturated heterocycles. The molecule has 2 aliphatic carbocycles. The summed E-state index contributed by atoms with van der Waals surface area (Å²) in [4.78, 5) is 0. The summed E-state index contributed by atoms with van der Waals surface area (Å²) in [6.45, 7) is 0. The van der Waals surface area contributed by atoms with E-state index in [1.165, 1.54) is 6.20 Å². The van der Waals surface area contributed by atoms with Gasteiger partial charge in [-0.25, -0.2) is 0 Å². The molecule has 5 heteroatoms. The van der Waals surface area contributed by atoms with E-state index in [1.54, 1.807) is 0 Å². The van der Waals surface area contributed by atoms with E-state index in [9.17, 15) is 13.2 Å². The zero-order valence-corrected chi connectivity index (χ0v) is 7.38. The molecule has 1 saturated carbocycles. The number of hydrogen-bond acceptors (Lipinski definition) is 1. The monoisotopic (exact) mass is 202 g/mol. The van der Waals surface area contributed by atoms with Crippen molar-refractivity contribution in [3.05, 3.63) is 17.5 Å². The molecule has 0 aromatic carbocycles. The van der Waals surface area contributed by atoms with Crippen LogP contribution in [0.2, 0.25) is 0 Å². The second-order valence-electron chi connectivity index (χ2n) is 4.07. The van der Waals surface area contributed by atoms with Crippen molar-refractivity contribution in [3.8, 4) is 0 Å². The minimum Gasteiger partial charge on any atom is -0.175 e. The van der Waals surface area contributed by atoms with Crippen LogP contribution in [-0.2, 0) is 6.30 Å². The van der Waals surface area contributed by atoms with Gasteiger partial charge in [0.25, 0.3) is 0 Å². The summed E-state index contributed by atoms with van der Waals surface area (Å²) < 4.78 is 37.8. The first kappa shape index (κ1) is 8.32. The third-order valence-electron chi connectivity index (χ3n) is 3.34. The minimum atomic E-state index is -4.35. The Labute approximate surface area is 78.7 Å². The van der Waals surface area contributed by atoms with E-state index in [-0.39, 0.29) is 10.6 Å². The maximum Gasteiger partial charge on any atom is 0.504 e. The molecule has 76 valence electrons. The van der Waals surface area contributed by atoms with Gasteiger partial charge in [-0.3, -0.25) is 0 Å². The van der Waals surface area contributed by atoms with Gasteiger partial charge in [-0.1, -0.05) is 0 Å². The molecule has 1 heterocycles. The van der Waals surface area contributed by atoms with Crippen LogP contribution in [-0.4, -0.2) is 9.78 Å². The Hall–Kier alpha value is -1.00. The molecule has 2 nitrogen and oxygen atoms in total. The Balaban J connectivity index is 2.15. The topological polar surface area (TPSA) is 17.8 Å². The average Bonchev–Trinajstić information content (AvgIpc) is 2.74. The van der Waals surface area contributed by atoms with E-state index in [0.29, 0.717) is 11.6 Å². The highest BCUT2D eigenvalue weighted by molar-refractivity contribution is 5.35. The maximum absolute atomic E-state index is 12.5. The first-order chi connectivity index (χ1) is 6.57. The van der Waals surface area contributed by atoms with Gasteiger partial charge in [0.2, 0.25) is 0 Å². The van der Waals surface area contributed by atoms with Crippen LogP contribution in [0, 0.1) is 0 Å². The predicted octanol–water partition coefficient (Wildman–Crippen LogP) is 2.72. The Morgan fingerprint density at radius 1 is 1.29 bits per heavy atom. The summed E-state index contributed by atoms with van der Waals surface area (Å²) in [7, 11) is 0. The highest BCUT2D eigenvalue weighted by Crippen LogP contribution is 2.53. The number of fused-ring (bicyclic) bond motifs is 5. The molecule has 1 fully saturated rings. The molecule has 0 spiro atoms. The van der Waals surface area contributed by atoms with E-state index >= 15 is 0 Å². The van der Waals surface area contributed by atoms with Gasteiger partial charge in [0.05, 0.1) is 11.9 Å². The van der Waals surface area contributed by atoms with Gasteiger partial charge in [-0.15, -0.1) is 13.2 Å². The van der Waals surface area contributed by atoms with Crippen LogP contribution in [0.25, 0.3) is 0 Å². The number of hydrogen-bond donors (Lipinski definition) is 0. The van der Waals surface area contributed by atoms with Gasteiger partial charge in [-0.05, 0) is 30.7 Å². The minimum absolute atomic E-state index is 0.0964. The van der Waals surface area contributed by atoms with Gasteiger partial charge in [0.1, 0.15) is 0 Å². The standard InChI is InChI=1S/C9H9F3N2/c10-9(11,12)14-8-6-2-1-5(3-6)7(8)4-13-14/h4-6H,1-3H2. The summed E-state index contributed by atoms with van der Waals surface area (Å²) in [5.41, 5.74) is 1.26. The van der Waals surface area contributed by atoms with Crippen LogP contribution >= 0.6 is 0 Å². The van der Waals surface area contributed by atoms with Crippen LogP contribution in [0.3, 0.4) is 0 Å². The highest BCUT2D eigenvalue weighted by Gasteiger charge is 2.45. The Kier molecular flexibility index (Phi) is 1.38. The zero-order chi connectivity index (χ0) is 9.92. The molecular formula is C9H9F3N2. The third kappa shape index (κ3) is 0.898. The molecule has 14 heavy (non-hydrogen) atoms. The number of aromatic nitrogens is 2. The van der Waals surface area contributed by atoms with Crippen molar-refractivity contribution in [1.82, 2.24) is 9.78 Å². The van der Waals surface area contributed by atoms with Gasteiger partial charge in [0, 0.05) is 5.92 Å². The Morgan fingerprint density at radius 3 is 2.71 bits per heavy atom. The van der Waals surface area contributed by atoms with E-state index < -0.39 is 6.30 Å². The molecule has 0 radical (unpaired) electrons. The Bertz CT molecular complexity index is 380. The van der Waals surface area contributed by atoms with E-state index in [0.717, 1.165) is 24.8 Å². The normalized spacial score (nSPS) is 29.6. The lowest BCUT2D eigenvalue weighted by Gasteiger charge is -2.15. The van der Waals surface area contributed by atoms with Crippen LogP contribution in [0.5, 0.6) is 0 Å². The molecule has 2 atom stereocenters. The van der Waals surface area contributed by atoms with Crippen molar-refractivity contribution in [3.63, 3.8) is 0 Å². The van der Waals surface area contributed by atoms with Gasteiger partial charge < -0.3 is 0 Å². The van der Waals surface area contributed by atoms with Crippen LogP contribution in [0.4, 0.5) is 13.2 Å². The first-order valence-electron chi connectivity index (χ1n) is 4.72. The van der Waals surface area contributed by atoms with Crippen molar-refractivity contribution in [2.75, 3.05) is 0 Å². The molecule has 0 aliphatic heterocycles. The predicted molar refractivity (Wildman–Crippen MR) is 42.9 cm³/mol. The fourth-order valence-electron chi connectivity index (χ4n) is 2.81. The summed E-state index contributed by atoms with van der Waals surface area (Å²) in [6.07, 6.45) is -0.144. The number of halogens is 3. The summed E-state index contributed by atoms with van der Waals surface area (Å²) in [6, 6.07) is 0. The first-order valence-corrected chi connectivity index (χ1v) is 4.72. The van der Waals surface area contributed by atoms with Crippen molar-refractivity contribution < 1.29 is 13.2 Å². The maximum atomic E-state index is 12.5. The smallest absolute Gasteiger partial charge is 0.175 e. The van der Waals surface area contributed by atoms with Crippen LogP contribution < -0.4 is 0 Å². The fraction of sp³-hybridized carbons (Fsp3) is 0.667. The second-order valence-corrected chi connectivity index (χ2v) is 4.07. The summed E-state index contributed by atoms with van der Waals surface area (Å²) in [5.74, 6) is 0.435. The van der Waals surface area contributed by atoms with Crippen molar-refractivity contribution in [2.45, 2.75) is 37.4 Å². The SMILES string of the molecule is FC(F)(F)n1ncc2c1C1CCC2C1. The van der Waals surface area contributed by atoms with Gasteiger partial charge >= 0.3 is 6.30 Å². The van der Waals surface area contributed by atoms with Crippen molar-refractivity contribution in [2.24, 2.45) is 0 Å². The average molecular weight is 202 g/mol. The van der Waals surface area contributed by atoms with Gasteiger partial charge in [0.15, 0.2) is 0 Å². The lowest BCUT2D eigenvalue weighted by molar-refractivity contribution is -0.214. The molecular weight excluding hydrogens is 193 g/mol. The van der Waals surface area contributed by atoms with E-state index in [4.69, 9.17) is 0 Å². The number of alkyl halides is 3. The van der Waals surface area contributed by atoms with E-state index in [1.807, 2.05) is 0 Å². The number of nitrogens with zero attached hydrogens (tertiary/aromatic N) is 2. The molecule has 0 N–H and O–H groups in total. The van der Waals surface area contributed by atoms with Crippen molar-refractivity contribution in [1.29, 1.82) is 0 Å². The zero-order valence-electron chi connectivity index (χ0n) is 7.38. The lowest BCUT2D eigenvalue weighted by atomic mass is 9.98. The molecule has 3 rings (SSSR count). The number of rotatable bonds is 0. The quantitative estimate of drug-likeness (QED) is 0.632. The van der Waals surface area contributed by atoms with E-state index in [2.05, 4.69) is 5.10 Å². The molecule has 2 unspecified atom stereocenters. The fourth-order valence-corrected chi connectivity index (χ4v) is 2.81. The highest BCUT2D eigenvalue weighted by atomic mass is 19.4. The lowest BCUT2D eigenvalue weighted by Crippen LogP contribution is -2.21. The van der Waals surface area contributed by atoms with Crippen LogP contribution in [0.15, 0.2) is 6.20 Å². The molecule has 2 aliphatic rings.